The van der Waals surface area contributed by atoms with Gasteiger partial charge in [0.1, 0.15) is 5.75 Å². The highest BCUT2D eigenvalue weighted by Gasteiger charge is 2.19. The van der Waals surface area contributed by atoms with Gasteiger partial charge in [0.25, 0.3) is 0 Å². The third-order valence-electron chi connectivity index (χ3n) is 3.62. The van der Waals surface area contributed by atoms with Crippen LogP contribution in [0.1, 0.15) is 22.7 Å². The first-order valence-corrected chi connectivity index (χ1v) is 6.54. The van der Waals surface area contributed by atoms with Crippen LogP contribution in [-0.4, -0.2) is 13.7 Å². The second-order valence-electron chi connectivity index (χ2n) is 4.81. The van der Waals surface area contributed by atoms with E-state index in [0.717, 1.165) is 23.3 Å². The summed E-state index contributed by atoms with van der Waals surface area (Å²) in [4.78, 5) is 0. The average molecular weight is 273 g/mol. The summed E-state index contributed by atoms with van der Waals surface area (Å²) in [5.41, 5.74) is 8.63. The van der Waals surface area contributed by atoms with Crippen molar-refractivity contribution in [3.8, 4) is 11.5 Å². The molecule has 0 aliphatic carbocycles. The van der Waals surface area contributed by atoms with Gasteiger partial charge in [-0.1, -0.05) is 24.3 Å². The van der Waals surface area contributed by atoms with Crippen LogP contribution in [0.2, 0.25) is 0 Å². The monoisotopic (exact) mass is 273 g/mol. The Bertz CT molecular complexity index is 642. The van der Waals surface area contributed by atoms with E-state index in [4.69, 9.17) is 15.2 Å². The first kappa shape index (κ1) is 12.9. The molecule has 0 radical (unpaired) electrons. The normalized spacial score (nSPS) is 14.6. The minimum atomic E-state index is -0.518. The zero-order valence-corrected chi connectivity index (χ0v) is 11.2. The lowest BCUT2D eigenvalue weighted by atomic mass is 9.96. The van der Waals surface area contributed by atoms with E-state index in [-0.39, 0.29) is 5.75 Å². The predicted molar refractivity (Wildman–Crippen MR) is 74.6 cm³/mol. The van der Waals surface area contributed by atoms with Crippen molar-refractivity contribution in [2.45, 2.75) is 12.5 Å². The molecule has 1 atom stereocenters. The van der Waals surface area contributed by atoms with Crippen molar-refractivity contribution in [1.29, 1.82) is 0 Å². The fourth-order valence-electron chi connectivity index (χ4n) is 2.51. The highest BCUT2D eigenvalue weighted by Crippen LogP contribution is 2.32. The standard InChI is InChI=1S/C16H16FNO2/c1-19-14-4-2-3-12(15(14)17)16(18)11-5-6-13-10(9-11)7-8-20-13/h2-6,9,16H,7-8,18H2,1H3. The van der Waals surface area contributed by atoms with Crippen molar-refractivity contribution in [3.05, 3.63) is 58.9 Å². The molecule has 1 unspecified atom stereocenters. The Labute approximate surface area is 117 Å². The molecule has 104 valence electrons. The molecule has 0 saturated heterocycles. The topological polar surface area (TPSA) is 44.5 Å². The van der Waals surface area contributed by atoms with Gasteiger partial charge in [0.2, 0.25) is 0 Å². The van der Waals surface area contributed by atoms with Crippen LogP contribution in [0.15, 0.2) is 36.4 Å². The molecule has 4 heteroatoms. The average Bonchev–Trinajstić information content (AvgIpc) is 2.94. The Kier molecular flexibility index (Phi) is 3.32. The highest BCUT2D eigenvalue weighted by molar-refractivity contribution is 5.44. The van der Waals surface area contributed by atoms with Gasteiger partial charge in [-0.3, -0.25) is 0 Å². The van der Waals surface area contributed by atoms with Crippen LogP contribution in [-0.2, 0) is 6.42 Å². The zero-order chi connectivity index (χ0) is 14.1. The number of nitrogens with two attached hydrogens (primary N) is 1. The van der Waals surface area contributed by atoms with Crippen LogP contribution >= 0.6 is 0 Å². The van der Waals surface area contributed by atoms with E-state index in [2.05, 4.69) is 0 Å². The van der Waals surface area contributed by atoms with Crippen molar-refractivity contribution in [2.24, 2.45) is 5.73 Å². The van der Waals surface area contributed by atoms with E-state index in [1.165, 1.54) is 7.11 Å². The summed E-state index contributed by atoms with van der Waals surface area (Å²) in [6, 6.07) is 10.3. The number of methoxy groups -OCH3 is 1. The van der Waals surface area contributed by atoms with Gasteiger partial charge in [0.15, 0.2) is 11.6 Å². The molecule has 2 aromatic carbocycles. The van der Waals surface area contributed by atoms with Crippen LogP contribution in [0.25, 0.3) is 0 Å². The number of halogens is 1. The van der Waals surface area contributed by atoms with Crippen molar-refractivity contribution >= 4 is 0 Å². The molecule has 0 amide bonds. The van der Waals surface area contributed by atoms with Crippen molar-refractivity contribution in [2.75, 3.05) is 13.7 Å². The minimum absolute atomic E-state index is 0.211. The molecule has 20 heavy (non-hydrogen) atoms. The Morgan fingerprint density at radius 3 is 2.95 bits per heavy atom. The molecule has 2 N–H and O–H groups in total. The zero-order valence-electron chi connectivity index (χ0n) is 11.2. The van der Waals surface area contributed by atoms with Crippen LogP contribution in [0.5, 0.6) is 11.5 Å². The summed E-state index contributed by atoms with van der Waals surface area (Å²) in [5.74, 6) is 0.703. The van der Waals surface area contributed by atoms with E-state index in [9.17, 15) is 4.39 Å². The molecular weight excluding hydrogens is 257 g/mol. The first-order chi connectivity index (χ1) is 9.70. The number of fused-ring (bicyclic) bond motifs is 1. The van der Waals surface area contributed by atoms with E-state index in [0.29, 0.717) is 12.2 Å². The van der Waals surface area contributed by atoms with Crippen LogP contribution in [0.4, 0.5) is 4.39 Å². The van der Waals surface area contributed by atoms with Crippen molar-refractivity contribution in [3.63, 3.8) is 0 Å². The summed E-state index contributed by atoms with van der Waals surface area (Å²) in [6.07, 6.45) is 0.872. The third kappa shape index (κ3) is 2.12. The Morgan fingerprint density at radius 2 is 2.15 bits per heavy atom. The first-order valence-electron chi connectivity index (χ1n) is 6.54. The largest absolute Gasteiger partial charge is 0.494 e. The smallest absolute Gasteiger partial charge is 0.170 e. The number of benzene rings is 2. The summed E-state index contributed by atoms with van der Waals surface area (Å²) in [5, 5.41) is 0. The van der Waals surface area contributed by atoms with Gasteiger partial charge in [0.05, 0.1) is 19.8 Å². The Morgan fingerprint density at radius 1 is 1.30 bits per heavy atom. The lowest BCUT2D eigenvalue weighted by Crippen LogP contribution is -2.14. The van der Waals surface area contributed by atoms with Crippen LogP contribution < -0.4 is 15.2 Å². The van der Waals surface area contributed by atoms with E-state index in [1.807, 2.05) is 18.2 Å². The van der Waals surface area contributed by atoms with Crippen molar-refractivity contribution < 1.29 is 13.9 Å². The second kappa shape index (κ2) is 5.13. The SMILES string of the molecule is COc1cccc(C(N)c2ccc3c(c2)CCO3)c1F. The molecule has 0 aromatic heterocycles. The van der Waals surface area contributed by atoms with Crippen LogP contribution in [0, 0.1) is 5.82 Å². The lowest BCUT2D eigenvalue weighted by Gasteiger charge is -2.15. The molecule has 1 aliphatic rings. The third-order valence-corrected chi connectivity index (χ3v) is 3.62. The maximum atomic E-state index is 14.3. The number of ether oxygens (including phenoxy) is 2. The highest BCUT2D eigenvalue weighted by atomic mass is 19.1. The lowest BCUT2D eigenvalue weighted by molar-refractivity contribution is 0.357. The Balaban J connectivity index is 1.98. The number of rotatable bonds is 3. The fourth-order valence-corrected chi connectivity index (χ4v) is 2.51. The molecule has 1 aliphatic heterocycles. The van der Waals surface area contributed by atoms with E-state index < -0.39 is 11.9 Å². The maximum absolute atomic E-state index is 14.3. The summed E-state index contributed by atoms with van der Waals surface area (Å²) < 4.78 is 24.7. The van der Waals surface area contributed by atoms with Gasteiger partial charge in [-0.05, 0) is 23.3 Å². The van der Waals surface area contributed by atoms with Gasteiger partial charge in [-0.25, -0.2) is 4.39 Å². The maximum Gasteiger partial charge on any atom is 0.170 e. The van der Waals surface area contributed by atoms with E-state index >= 15 is 0 Å². The second-order valence-corrected chi connectivity index (χ2v) is 4.81. The molecule has 0 bridgehead atoms. The molecule has 2 aromatic rings. The number of hydrogen-bond acceptors (Lipinski definition) is 3. The summed E-state index contributed by atoms with van der Waals surface area (Å²) >= 11 is 0. The van der Waals surface area contributed by atoms with Crippen LogP contribution in [0.3, 0.4) is 0 Å². The molecule has 3 nitrogen and oxygen atoms in total. The van der Waals surface area contributed by atoms with Gasteiger partial charge < -0.3 is 15.2 Å². The quantitative estimate of drug-likeness (QED) is 0.935. The molecule has 3 rings (SSSR count). The molecule has 0 fully saturated rings. The number of hydrogen-bond donors (Lipinski definition) is 1. The Hall–Kier alpha value is -2.07. The fraction of sp³-hybridized carbons (Fsp3) is 0.250. The molecule has 0 spiro atoms. The summed E-state index contributed by atoms with van der Waals surface area (Å²) in [6.45, 7) is 0.696. The van der Waals surface area contributed by atoms with Gasteiger partial charge in [0, 0.05) is 12.0 Å². The minimum Gasteiger partial charge on any atom is -0.494 e. The van der Waals surface area contributed by atoms with Gasteiger partial charge >= 0.3 is 0 Å². The molecule has 0 saturated carbocycles. The predicted octanol–water partition coefficient (Wildman–Crippen LogP) is 2.82. The molecular formula is C16H16FNO2. The summed E-state index contributed by atoms with van der Waals surface area (Å²) in [7, 11) is 1.44. The van der Waals surface area contributed by atoms with Crippen molar-refractivity contribution in [1.82, 2.24) is 0 Å². The van der Waals surface area contributed by atoms with E-state index in [1.54, 1.807) is 18.2 Å². The molecule has 1 heterocycles. The van der Waals surface area contributed by atoms with Gasteiger partial charge in [-0.2, -0.15) is 0 Å². The van der Waals surface area contributed by atoms with Gasteiger partial charge in [-0.15, -0.1) is 0 Å².